The molecule has 0 amide bonds. The van der Waals surface area contributed by atoms with Crippen molar-refractivity contribution in [2.45, 2.75) is 39.5 Å². The van der Waals surface area contributed by atoms with Gasteiger partial charge in [-0.1, -0.05) is 69.3 Å². The molecule has 0 atom stereocenters. The molecule has 0 N–H and O–H groups in total. The van der Waals surface area contributed by atoms with Crippen LogP contribution in [0.1, 0.15) is 48.7 Å². The maximum absolute atomic E-state index is 2.32. The predicted molar refractivity (Wildman–Crippen MR) is 154 cm³/mol. The summed E-state index contributed by atoms with van der Waals surface area (Å²) in [7, 11) is 2.14. The summed E-state index contributed by atoms with van der Waals surface area (Å²) in [6, 6.07) is 29.0. The van der Waals surface area contributed by atoms with Crippen molar-refractivity contribution in [3.63, 3.8) is 0 Å². The maximum Gasteiger partial charge on any atom is 0.213 e. The molecule has 182 valence electrons. The number of hydrogen-bond donors (Lipinski definition) is 0. The number of aromatic nitrogens is 2. The molecule has 0 unspecified atom stereocenters. The monoisotopic (exact) mass is 482 g/mol. The minimum absolute atomic E-state index is 0.141. The van der Waals surface area contributed by atoms with E-state index in [0.717, 1.165) is 6.42 Å². The fourth-order valence-electron chi connectivity index (χ4n) is 5.70. The molecular weight excluding hydrogens is 448 g/mol. The van der Waals surface area contributed by atoms with Crippen molar-refractivity contribution in [3.8, 4) is 22.4 Å². The summed E-state index contributed by atoms with van der Waals surface area (Å²) in [5.41, 5.74) is 12.1. The number of nitrogens with zero attached hydrogens (tertiary/aromatic N) is 2. The zero-order chi connectivity index (χ0) is 25.7. The number of aryl methyl sites for hydroxylation is 2. The zero-order valence-electron chi connectivity index (χ0n) is 22.4. The van der Waals surface area contributed by atoms with Crippen LogP contribution in [-0.2, 0) is 18.9 Å². The van der Waals surface area contributed by atoms with Gasteiger partial charge in [0, 0.05) is 43.7 Å². The molecule has 37 heavy (non-hydrogen) atoms. The molecule has 0 saturated carbocycles. The summed E-state index contributed by atoms with van der Waals surface area (Å²) in [6.07, 6.45) is 9.75. The van der Waals surface area contributed by atoms with Gasteiger partial charge in [0.05, 0.1) is 5.56 Å². The Kier molecular flexibility index (Phi) is 5.56. The summed E-state index contributed by atoms with van der Waals surface area (Å²) >= 11 is 0. The second-order valence-electron chi connectivity index (χ2n) is 11.3. The Hall–Kier alpha value is -4.04. The first-order valence-electron chi connectivity index (χ1n) is 13.1. The van der Waals surface area contributed by atoms with E-state index in [9.17, 15) is 0 Å². The van der Waals surface area contributed by atoms with Gasteiger partial charge in [-0.3, -0.25) is 0 Å². The third-order valence-electron chi connectivity index (χ3n) is 7.81. The minimum Gasteiger partial charge on any atom is -0.201 e. The van der Waals surface area contributed by atoms with Crippen LogP contribution in [0.2, 0.25) is 0 Å². The molecule has 2 heterocycles. The lowest BCUT2D eigenvalue weighted by Gasteiger charge is -2.18. The van der Waals surface area contributed by atoms with E-state index in [1.54, 1.807) is 0 Å². The fraction of sp³-hybridized carbons (Fsp3) is 0.200. The largest absolute Gasteiger partial charge is 0.213 e. The highest BCUT2D eigenvalue weighted by molar-refractivity contribution is 5.97. The molecule has 0 aliphatic heterocycles. The van der Waals surface area contributed by atoms with Crippen molar-refractivity contribution in [2.75, 3.05) is 0 Å². The lowest BCUT2D eigenvalue weighted by molar-refractivity contribution is -0.660. The lowest BCUT2D eigenvalue weighted by Crippen LogP contribution is -2.31. The van der Waals surface area contributed by atoms with Gasteiger partial charge in [0.25, 0.3) is 0 Å². The Balaban J connectivity index is 1.51. The van der Waals surface area contributed by atoms with Crippen molar-refractivity contribution in [1.82, 2.24) is 0 Å². The Morgan fingerprint density at radius 2 is 1.54 bits per heavy atom. The van der Waals surface area contributed by atoms with Gasteiger partial charge in [0.2, 0.25) is 5.69 Å². The summed E-state index contributed by atoms with van der Waals surface area (Å²) in [5.74, 6) is 0. The molecule has 1 aliphatic carbocycles. The number of fused-ring (bicyclic) bond motifs is 5. The smallest absolute Gasteiger partial charge is 0.201 e. The van der Waals surface area contributed by atoms with Crippen molar-refractivity contribution in [2.24, 2.45) is 7.05 Å². The standard InChI is InChI=1S/C35H34N2/c1-24-22-27(35(2,3)4)18-21-37(24)20-17-26-14-16-30-29-15-13-25-10-6-7-11-28(25)31(29)23-32(30)34(26)33-12-8-9-19-36(33)5/h6-22H,23H2,1-5H3/q+2/b20-17-. The van der Waals surface area contributed by atoms with Crippen LogP contribution in [0.5, 0.6) is 0 Å². The average Bonchev–Trinajstić information content (AvgIpc) is 3.27. The molecule has 2 heteroatoms. The van der Waals surface area contributed by atoms with E-state index in [4.69, 9.17) is 0 Å². The third kappa shape index (κ3) is 4.07. The molecule has 0 spiro atoms. The van der Waals surface area contributed by atoms with Gasteiger partial charge in [0.1, 0.15) is 7.05 Å². The van der Waals surface area contributed by atoms with Gasteiger partial charge in [0.15, 0.2) is 24.3 Å². The lowest BCUT2D eigenvalue weighted by atomic mass is 9.87. The second-order valence-corrected chi connectivity index (χ2v) is 11.3. The van der Waals surface area contributed by atoms with Gasteiger partial charge in [-0.25, -0.2) is 4.57 Å². The summed E-state index contributed by atoms with van der Waals surface area (Å²) in [6.45, 7) is 8.97. The van der Waals surface area contributed by atoms with Crippen LogP contribution < -0.4 is 9.13 Å². The van der Waals surface area contributed by atoms with Gasteiger partial charge in [-0.15, -0.1) is 0 Å². The Bertz CT molecular complexity index is 1700. The first kappa shape index (κ1) is 23.4. The second kappa shape index (κ2) is 8.81. The van der Waals surface area contributed by atoms with Gasteiger partial charge < -0.3 is 0 Å². The van der Waals surface area contributed by atoms with Crippen LogP contribution in [-0.4, -0.2) is 0 Å². The van der Waals surface area contributed by atoms with Crippen molar-refractivity contribution in [3.05, 3.63) is 119 Å². The predicted octanol–water partition coefficient (Wildman–Crippen LogP) is 7.42. The Morgan fingerprint density at radius 1 is 0.784 bits per heavy atom. The summed E-state index contributed by atoms with van der Waals surface area (Å²) < 4.78 is 4.46. The number of benzene rings is 3. The molecule has 6 rings (SSSR count). The van der Waals surface area contributed by atoms with Gasteiger partial charge in [-0.2, -0.15) is 4.57 Å². The number of rotatable bonds is 3. The molecule has 2 nitrogen and oxygen atoms in total. The topological polar surface area (TPSA) is 7.76 Å². The maximum atomic E-state index is 2.32. The van der Waals surface area contributed by atoms with Gasteiger partial charge >= 0.3 is 0 Å². The van der Waals surface area contributed by atoms with E-state index in [1.807, 2.05) is 0 Å². The Labute approximate surface area is 220 Å². The van der Waals surface area contributed by atoms with E-state index in [2.05, 4.69) is 147 Å². The first-order valence-corrected chi connectivity index (χ1v) is 13.1. The molecule has 2 aromatic heterocycles. The van der Waals surface area contributed by atoms with Crippen molar-refractivity contribution < 1.29 is 9.13 Å². The molecule has 0 saturated heterocycles. The quantitative estimate of drug-likeness (QED) is 0.232. The first-order chi connectivity index (χ1) is 17.8. The normalized spacial score (nSPS) is 12.8. The Morgan fingerprint density at radius 3 is 2.32 bits per heavy atom. The highest BCUT2D eigenvalue weighted by atomic mass is 14.9. The summed E-state index contributed by atoms with van der Waals surface area (Å²) in [5, 5.41) is 2.67. The van der Waals surface area contributed by atoms with Crippen molar-refractivity contribution in [1.29, 1.82) is 0 Å². The van der Waals surface area contributed by atoms with E-state index >= 15 is 0 Å². The van der Waals surface area contributed by atoms with Crippen LogP contribution in [0.15, 0.2) is 91.3 Å². The average molecular weight is 483 g/mol. The molecular formula is C35H34N2+2. The van der Waals surface area contributed by atoms with E-state index in [0.29, 0.717) is 0 Å². The third-order valence-corrected chi connectivity index (χ3v) is 7.81. The van der Waals surface area contributed by atoms with Crippen molar-refractivity contribution >= 4 is 23.0 Å². The van der Waals surface area contributed by atoms with Gasteiger partial charge in [-0.05, 0) is 55.6 Å². The zero-order valence-corrected chi connectivity index (χ0v) is 22.4. The molecule has 0 radical (unpaired) electrons. The van der Waals surface area contributed by atoms with E-state index in [-0.39, 0.29) is 5.41 Å². The van der Waals surface area contributed by atoms with Crippen LogP contribution in [0.25, 0.3) is 45.4 Å². The molecule has 1 aliphatic rings. The van der Waals surface area contributed by atoms with E-state index in [1.165, 1.54) is 61.1 Å². The SMILES string of the molecule is Cc1cc(C(C)(C)C)cc[n+]1/C=C\c1ccc2c(c1-c1cccc[n+]1C)Cc1c-2ccc2ccccc12. The van der Waals surface area contributed by atoms with Crippen LogP contribution in [0, 0.1) is 6.92 Å². The molecule has 0 fully saturated rings. The fourth-order valence-corrected chi connectivity index (χ4v) is 5.70. The minimum atomic E-state index is 0.141. The highest BCUT2D eigenvalue weighted by Gasteiger charge is 2.28. The van der Waals surface area contributed by atoms with Crippen LogP contribution in [0.4, 0.5) is 0 Å². The summed E-state index contributed by atoms with van der Waals surface area (Å²) in [4.78, 5) is 0. The molecule has 3 aromatic carbocycles. The van der Waals surface area contributed by atoms with E-state index < -0.39 is 0 Å². The van der Waals surface area contributed by atoms with Crippen LogP contribution >= 0.6 is 0 Å². The number of pyridine rings is 2. The molecule has 0 bridgehead atoms. The molecule has 5 aromatic rings. The number of hydrogen-bond acceptors (Lipinski definition) is 0. The van der Waals surface area contributed by atoms with Crippen LogP contribution in [0.3, 0.4) is 0 Å². The highest BCUT2D eigenvalue weighted by Crippen LogP contribution is 2.45.